The van der Waals surface area contributed by atoms with Crippen molar-refractivity contribution in [3.8, 4) is 0 Å². The van der Waals surface area contributed by atoms with Gasteiger partial charge >= 0.3 is 0 Å². The van der Waals surface area contributed by atoms with Gasteiger partial charge in [0, 0.05) is 50.8 Å². The monoisotopic (exact) mass is 424 g/mol. The van der Waals surface area contributed by atoms with E-state index in [-0.39, 0.29) is 0 Å². The molecule has 0 N–H and O–H groups in total. The van der Waals surface area contributed by atoms with Crippen LogP contribution in [0.4, 0.5) is 0 Å². The van der Waals surface area contributed by atoms with Crippen molar-refractivity contribution < 1.29 is 0 Å². The third-order valence-electron chi connectivity index (χ3n) is 7.24. The molecule has 30 heavy (non-hydrogen) atoms. The molecular formula is C26H56N4. The Morgan fingerprint density at radius 2 is 1.00 bits per heavy atom. The molecule has 0 aromatic carbocycles. The molecule has 0 radical (unpaired) electrons. The van der Waals surface area contributed by atoms with Crippen LogP contribution in [0, 0.1) is 11.8 Å². The zero-order valence-corrected chi connectivity index (χ0v) is 22.2. The van der Waals surface area contributed by atoms with Crippen LogP contribution in [-0.4, -0.2) is 97.1 Å². The molecule has 3 fully saturated rings. The summed E-state index contributed by atoms with van der Waals surface area (Å²) >= 11 is 0. The van der Waals surface area contributed by atoms with Gasteiger partial charge < -0.3 is 14.7 Å². The Balaban J connectivity index is 0.000000225. The Labute approximate surface area is 190 Å². The van der Waals surface area contributed by atoms with Gasteiger partial charge in [-0.25, -0.2) is 0 Å². The van der Waals surface area contributed by atoms with Gasteiger partial charge in [-0.05, 0) is 106 Å². The first kappa shape index (κ1) is 27.9. The number of nitrogens with zero attached hydrogens (tertiary/aromatic N) is 4. The van der Waals surface area contributed by atoms with E-state index in [1.807, 2.05) is 0 Å². The van der Waals surface area contributed by atoms with Gasteiger partial charge in [-0.3, -0.25) is 4.90 Å². The van der Waals surface area contributed by atoms with Crippen LogP contribution in [0.1, 0.15) is 81.1 Å². The van der Waals surface area contributed by atoms with Gasteiger partial charge in [0.15, 0.2) is 0 Å². The van der Waals surface area contributed by atoms with Crippen LogP contribution in [0.25, 0.3) is 0 Å². The predicted octanol–water partition coefficient (Wildman–Crippen LogP) is 4.90. The van der Waals surface area contributed by atoms with Gasteiger partial charge in [-0.1, -0.05) is 13.8 Å². The number of likely N-dealkylation sites (tertiary alicyclic amines) is 2. The molecule has 0 bridgehead atoms. The highest BCUT2D eigenvalue weighted by Gasteiger charge is 2.18. The maximum Gasteiger partial charge on any atom is 0.0112 e. The molecule has 3 aliphatic rings. The number of piperazine rings is 1. The van der Waals surface area contributed by atoms with E-state index >= 15 is 0 Å². The number of likely N-dealkylation sites (N-methyl/N-ethyl adjacent to an activating group) is 1. The molecule has 3 rings (SSSR count). The summed E-state index contributed by atoms with van der Waals surface area (Å²) < 4.78 is 0. The van der Waals surface area contributed by atoms with Crippen LogP contribution in [0.15, 0.2) is 0 Å². The van der Waals surface area contributed by atoms with Crippen molar-refractivity contribution in [1.82, 2.24) is 19.6 Å². The van der Waals surface area contributed by atoms with Crippen molar-refractivity contribution in [3.05, 3.63) is 0 Å². The number of hydrogen-bond acceptors (Lipinski definition) is 4. The van der Waals surface area contributed by atoms with Crippen molar-refractivity contribution in [2.75, 3.05) is 59.4 Å². The average Bonchev–Trinajstić information content (AvgIpc) is 2.69. The number of hydrogen-bond donors (Lipinski definition) is 0. The second kappa shape index (κ2) is 14.8. The molecule has 0 aromatic heterocycles. The molecule has 3 heterocycles. The summed E-state index contributed by atoms with van der Waals surface area (Å²) in [5.41, 5.74) is 0. The zero-order valence-electron chi connectivity index (χ0n) is 22.2. The first-order valence-corrected chi connectivity index (χ1v) is 13.0. The Kier molecular flexibility index (Phi) is 13.8. The van der Waals surface area contributed by atoms with Crippen LogP contribution >= 0.6 is 0 Å². The molecule has 3 saturated heterocycles. The van der Waals surface area contributed by atoms with Crippen LogP contribution in [0.3, 0.4) is 0 Å². The average molecular weight is 425 g/mol. The molecule has 4 heteroatoms. The minimum Gasteiger partial charge on any atom is -0.304 e. The van der Waals surface area contributed by atoms with Crippen molar-refractivity contribution in [1.29, 1.82) is 0 Å². The molecule has 1 unspecified atom stereocenters. The van der Waals surface area contributed by atoms with Crippen molar-refractivity contribution >= 4 is 0 Å². The second-order valence-electron chi connectivity index (χ2n) is 11.1. The molecule has 4 nitrogen and oxygen atoms in total. The second-order valence-corrected chi connectivity index (χ2v) is 11.1. The van der Waals surface area contributed by atoms with Gasteiger partial charge in [0.2, 0.25) is 0 Å². The summed E-state index contributed by atoms with van der Waals surface area (Å²) in [6.45, 7) is 28.6. The third kappa shape index (κ3) is 11.5. The lowest BCUT2D eigenvalue weighted by molar-refractivity contribution is 0.126. The molecule has 3 aliphatic heterocycles. The minimum atomic E-state index is 0.730. The number of rotatable bonds is 3. The third-order valence-corrected chi connectivity index (χ3v) is 7.24. The quantitative estimate of drug-likeness (QED) is 0.639. The van der Waals surface area contributed by atoms with Crippen LogP contribution in [0.5, 0.6) is 0 Å². The molecule has 1 atom stereocenters. The fourth-order valence-corrected chi connectivity index (χ4v) is 4.58. The van der Waals surface area contributed by atoms with Crippen LogP contribution in [-0.2, 0) is 0 Å². The van der Waals surface area contributed by atoms with Crippen LogP contribution in [0.2, 0.25) is 0 Å². The van der Waals surface area contributed by atoms with Crippen molar-refractivity contribution in [2.24, 2.45) is 11.8 Å². The summed E-state index contributed by atoms with van der Waals surface area (Å²) in [7, 11) is 2.19. The molecule has 0 saturated carbocycles. The topological polar surface area (TPSA) is 13.0 Å². The molecule has 0 spiro atoms. The lowest BCUT2D eigenvalue weighted by Gasteiger charge is -2.34. The SMILES string of the molecule is CC(C)N1CCN(C)CC1.CC1CCCN(C(C)C)C1.CC1CCN(C(C)C)CC1. The van der Waals surface area contributed by atoms with E-state index in [9.17, 15) is 0 Å². The highest BCUT2D eigenvalue weighted by Crippen LogP contribution is 2.18. The highest BCUT2D eigenvalue weighted by atomic mass is 15.3. The molecule has 0 aromatic rings. The Hall–Kier alpha value is -0.160. The highest BCUT2D eigenvalue weighted by molar-refractivity contribution is 4.73. The number of piperidine rings is 2. The van der Waals surface area contributed by atoms with Crippen molar-refractivity contribution in [3.63, 3.8) is 0 Å². The van der Waals surface area contributed by atoms with E-state index in [4.69, 9.17) is 0 Å². The van der Waals surface area contributed by atoms with Gasteiger partial charge in [-0.2, -0.15) is 0 Å². The molecule has 180 valence electrons. The fraction of sp³-hybridized carbons (Fsp3) is 1.00. The smallest absolute Gasteiger partial charge is 0.0112 e. The Morgan fingerprint density at radius 3 is 1.40 bits per heavy atom. The van der Waals surface area contributed by atoms with Crippen molar-refractivity contribution in [2.45, 2.75) is 99.2 Å². The first-order valence-electron chi connectivity index (χ1n) is 13.0. The van der Waals surface area contributed by atoms with E-state index < -0.39 is 0 Å². The lowest BCUT2D eigenvalue weighted by atomic mass is 9.98. The summed E-state index contributed by atoms with van der Waals surface area (Å²) in [6, 6.07) is 2.24. The maximum absolute atomic E-state index is 2.58. The van der Waals surface area contributed by atoms with Crippen LogP contribution < -0.4 is 0 Å². The van der Waals surface area contributed by atoms with Gasteiger partial charge in [0.05, 0.1) is 0 Å². The Morgan fingerprint density at radius 1 is 0.533 bits per heavy atom. The Bertz CT molecular complexity index is 381. The first-order chi connectivity index (χ1) is 14.1. The molecule has 0 aliphatic carbocycles. The summed E-state index contributed by atoms with van der Waals surface area (Å²) in [5.74, 6) is 1.89. The fourth-order valence-electron chi connectivity index (χ4n) is 4.58. The lowest BCUT2D eigenvalue weighted by Crippen LogP contribution is -2.47. The van der Waals surface area contributed by atoms with Gasteiger partial charge in [0.25, 0.3) is 0 Å². The molecule has 0 amide bonds. The predicted molar refractivity (Wildman–Crippen MR) is 134 cm³/mol. The minimum absolute atomic E-state index is 0.730. The van der Waals surface area contributed by atoms with E-state index in [0.717, 1.165) is 30.0 Å². The van der Waals surface area contributed by atoms with E-state index in [1.165, 1.54) is 78.0 Å². The van der Waals surface area contributed by atoms with E-state index in [1.54, 1.807) is 0 Å². The zero-order chi connectivity index (χ0) is 22.7. The maximum atomic E-state index is 2.58. The summed E-state index contributed by atoms with van der Waals surface area (Å²) in [6.07, 6.45) is 5.64. The van der Waals surface area contributed by atoms with E-state index in [0.29, 0.717) is 0 Å². The molecular weight excluding hydrogens is 368 g/mol. The van der Waals surface area contributed by atoms with Gasteiger partial charge in [0.1, 0.15) is 0 Å². The van der Waals surface area contributed by atoms with E-state index in [2.05, 4.69) is 82.0 Å². The van der Waals surface area contributed by atoms with Gasteiger partial charge in [-0.15, -0.1) is 0 Å². The summed E-state index contributed by atoms with van der Waals surface area (Å²) in [4.78, 5) is 10.1. The largest absolute Gasteiger partial charge is 0.304 e. The normalized spacial score (nSPS) is 25.8. The summed E-state index contributed by atoms with van der Waals surface area (Å²) in [5, 5.41) is 0. The standard InChI is InChI=1S/2C9H19N.C8H18N2/c1-8(2)10-6-4-9(3)5-7-10;1-8(2)10-6-4-5-9(3)7-10;1-8(2)10-6-4-9(3)5-7-10/h2*8-9H,4-7H2,1-3H3;8H,4-7H2,1-3H3.